The standard InChI is InChI=1S/C12H14BFO3/c1-11-7-12(11,2)17-13(16-11)9-5-4-8(14)6-10(9)15-3/h4-6H,7H2,1-3H3. The molecule has 2 aliphatic rings. The molecule has 0 bridgehead atoms. The monoisotopic (exact) mass is 236 g/mol. The molecule has 90 valence electrons. The van der Waals surface area contributed by atoms with Gasteiger partial charge in [0.25, 0.3) is 0 Å². The SMILES string of the molecule is COc1cc(F)ccc1B1OC2(C)CC2(C)O1. The summed E-state index contributed by atoms with van der Waals surface area (Å²) in [5.41, 5.74) is 0.317. The van der Waals surface area contributed by atoms with Crippen molar-refractivity contribution in [1.82, 2.24) is 0 Å². The predicted octanol–water partition coefficient (Wildman–Crippen LogP) is 1.50. The highest BCUT2D eigenvalue weighted by Crippen LogP contribution is 2.58. The second-order valence-electron chi connectivity index (χ2n) is 5.09. The smallest absolute Gasteiger partial charge is 0.497 e. The highest BCUT2D eigenvalue weighted by Gasteiger charge is 2.71. The Labute approximate surface area is 100 Å². The van der Waals surface area contributed by atoms with Crippen molar-refractivity contribution in [3.05, 3.63) is 24.0 Å². The molecule has 1 saturated carbocycles. The lowest BCUT2D eigenvalue weighted by Gasteiger charge is -2.14. The van der Waals surface area contributed by atoms with E-state index in [1.807, 2.05) is 13.8 Å². The van der Waals surface area contributed by atoms with Crippen molar-refractivity contribution in [2.45, 2.75) is 31.5 Å². The van der Waals surface area contributed by atoms with Crippen LogP contribution in [0, 0.1) is 5.82 Å². The van der Waals surface area contributed by atoms with E-state index in [0.29, 0.717) is 5.75 Å². The minimum absolute atomic E-state index is 0.211. The summed E-state index contributed by atoms with van der Waals surface area (Å²) in [6.45, 7) is 4.06. The first-order valence-corrected chi connectivity index (χ1v) is 5.66. The third-order valence-electron chi connectivity index (χ3n) is 3.85. The molecule has 5 heteroatoms. The molecule has 1 heterocycles. The van der Waals surface area contributed by atoms with Crippen molar-refractivity contribution in [2.24, 2.45) is 0 Å². The number of methoxy groups -OCH3 is 1. The molecule has 1 aliphatic carbocycles. The molecule has 2 fully saturated rings. The summed E-state index contributed by atoms with van der Waals surface area (Å²) < 4.78 is 30.0. The Morgan fingerprint density at radius 3 is 2.53 bits per heavy atom. The van der Waals surface area contributed by atoms with Gasteiger partial charge in [-0.2, -0.15) is 0 Å². The molecule has 0 N–H and O–H groups in total. The zero-order chi connectivity index (χ0) is 12.3. The molecule has 1 aromatic rings. The van der Waals surface area contributed by atoms with Gasteiger partial charge in [0.2, 0.25) is 0 Å². The molecule has 2 unspecified atom stereocenters. The summed E-state index contributed by atoms with van der Waals surface area (Å²) in [4.78, 5) is 0. The maximum absolute atomic E-state index is 13.1. The lowest BCUT2D eigenvalue weighted by molar-refractivity contribution is 0.187. The minimum Gasteiger partial charge on any atom is -0.497 e. The lowest BCUT2D eigenvalue weighted by atomic mass is 9.78. The summed E-state index contributed by atoms with van der Waals surface area (Å²) in [6.07, 6.45) is 0.903. The quantitative estimate of drug-likeness (QED) is 0.728. The average Bonchev–Trinajstić information content (AvgIpc) is 2.68. The van der Waals surface area contributed by atoms with Gasteiger partial charge in [-0.15, -0.1) is 0 Å². The molecule has 3 rings (SSSR count). The molecule has 0 radical (unpaired) electrons. The van der Waals surface area contributed by atoms with Crippen LogP contribution >= 0.6 is 0 Å². The van der Waals surface area contributed by atoms with Gasteiger partial charge in [0, 0.05) is 17.9 Å². The second-order valence-corrected chi connectivity index (χ2v) is 5.09. The molecular weight excluding hydrogens is 222 g/mol. The van der Waals surface area contributed by atoms with E-state index in [9.17, 15) is 4.39 Å². The zero-order valence-electron chi connectivity index (χ0n) is 10.1. The number of ether oxygens (including phenoxy) is 1. The molecular formula is C12H14BFO3. The Morgan fingerprint density at radius 1 is 1.29 bits per heavy atom. The first-order chi connectivity index (χ1) is 7.97. The molecule has 2 atom stereocenters. The summed E-state index contributed by atoms with van der Waals surface area (Å²) in [5.74, 6) is 0.134. The number of hydrogen-bond acceptors (Lipinski definition) is 3. The normalized spacial score (nSPS) is 34.7. The molecule has 0 aromatic heterocycles. The van der Waals surface area contributed by atoms with E-state index < -0.39 is 7.12 Å². The molecule has 1 saturated heterocycles. The van der Waals surface area contributed by atoms with Crippen molar-refractivity contribution in [2.75, 3.05) is 7.11 Å². The van der Waals surface area contributed by atoms with Gasteiger partial charge in [0.1, 0.15) is 11.6 Å². The number of hydrogen-bond donors (Lipinski definition) is 0. The van der Waals surface area contributed by atoms with Crippen LogP contribution in [0.4, 0.5) is 4.39 Å². The third kappa shape index (κ3) is 1.49. The van der Waals surface area contributed by atoms with E-state index in [-0.39, 0.29) is 17.0 Å². The van der Waals surface area contributed by atoms with Crippen LogP contribution < -0.4 is 10.2 Å². The minimum atomic E-state index is -0.464. The van der Waals surface area contributed by atoms with Gasteiger partial charge in [-0.05, 0) is 19.9 Å². The van der Waals surface area contributed by atoms with Crippen LogP contribution in [0.3, 0.4) is 0 Å². The molecule has 1 aromatic carbocycles. The fourth-order valence-electron chi connectivity index (χ4n) is 2.44. The molecule has 3 nitrogen and oxygen atoms in total. The third-order valence-corrected chi connectivity index (χ3v) is 3.85. The molecule has 0 amide bonds. The van der Waals surface area contributed by atoms with Gasteiger partial charge in [-0.1, -0.05) is 6.07 Å². The van der Waals surface area contributed by atoms with Crippen molar-refractivity contribution < 1.29 is 18.4 Å². The van der Waals surface area contributed by atoms with Crippen molar-refractivity contribution in [1.29, 1.82) is 0 Å². The zero-order valence-corrected chi connectivity index (χ0v) is 10.1. The fraction of sp³-hybridized carbons (Fsp3) is 0.500. The van der Waals surface area contributed by atoms with E-state index in [2.05, 4.69) is 0 Å². The number of halogens is 1. The number of rotatable bonds is 2. The van der Waals surface area contributed by atoms with Crippen molar-refractivity contribution >= 4 is 12.6 Å². The number of benzene rings is 1. The Hall–Kier alpha value is -1.07. The highest BCUT2D eigenvalue weighted by atomic mass is 19.1. The van der Waals surface area contributed by atoms with E-state index in [1.54, 1.807) is 6.07 Å². The summed E-state index contributed by atoms with van der Waals surface area (Å²) >= 11 is 0. The Morgan fingerprint density at radius 2 is 1.94 bits per heavy atom. The maximum Gasteiger partial charge on any atom is 0.498 e. The van der Waals surface area contributed by atoms with Crippen LogP contribution in [-0.4, -0.2) is 25.4 Å². The highest BCUT2D eigenvalue weighted by molar-refractivity contribution is 6.63. The van der Waals surface area contributed by atoms with Crippen LogP contribution in [-0.2, 0) is 9.31 Å². The van der Waals surface area contributed by atoms with E-state index in [1.165, 1.54) is 19.2 Å². The largest absolute Gasteiger partial charge is 0.498 e. The van der Waals surface area contributed by atoms with Crippen LogP contribution in [0.15, 0.2) is 18.2 Å². The lowest BCUT2D eigenvalue weighted by Crippen LogP contribution is -2.36. The summed E-state index contributed by atoms with van der Waals surface area (Å²) in [6, 6.07) is 4.38. The topological polar surface area (TPSA) is 27.7 Å². The van der Waals surface area contributed by atoms with E-state index >= 15 is 0 Å². The van der Waals surface area contributed by atoms with Gasteiger partial charge >= 0.3 is 7.12 Å². The van der Waals surface area contributed by atoms with Crippen LogP contribution in [0.1, 0.15) is 20.3 Å². The van der Waals surface area contributed by atoms with E-state index in [0.717, 1.165) is 11.9 Å². The van der Waals surface area contributed by atoms with Crippen LogP contribution in [0.2, 0.25) is 0 Å². The Kier molecular flexibility index (Phi) is 2.10. The van der Waals surface area contributed by atoms with Crippen LogP contribution in [0.5, 0.6) is 5.75 Å². The molecule has 1 aliphatic heterocycles. The van der Waals surface area contributed by atoms with Gasteiger partial charge in [0.05, 0.1) is 18.3 Å². The second kappa shape index (κ2) is 3.24. The Bertz CT molecular complexity index is 465. The van der Waals surface area contributed by atoms with Gasteiger partial charge < -0.3 is 14.0 Å². The predicted molar refractivity (Wildman–Crippen MR) is 61.9 cm³/mol. The van der Waals surface area contributed by atoms with Crippen molar-refractivity contribution in [3.63, 3.8) is 0 Å². The first kappa shape index (κ1) is 11.0. The van der Waals surface area contributed by atoms with Crippen LogP contribution in [0.25, 0.3) is 0 Å². The fourth-order valence-corrected chi connectivity index (χ4v) is 2.44. The van der Waals surface area contributed by atoms with E-state index in [4.69, 9.17) is 14.0 Å². The average molecular weight is 236 g/mol. The summed E-state index contributed by atoms with van der Waals surface area (Å²) in [5, 5.41) is 0. The first-order valence-electron chi connectivity index (χ1n) is 5.66. The van der Waals surface area contributed by atoms with Gasteiger partial charge in [-0.25, -0.2) is 4.39 Å². The van der Waals surface area contributed by atoms with Gasteiger partial charge in [0.15, 0.2) is 0 Å². The Balaban J connectivity index is 1.91. The maximum atomic E-state index is 13.1. The molecule has 0 spiro atoms. The molecule has 17 heavy (non-hydrogen) atoms. The van der Waals surface area contributed by atoms with Gasteiger partial charge in [-0.3, -0.25) is 0 Å². The van der Waals surface area contributed by atoms with Crippen molar-refractivity contribution in [3.8, 4) is 5.75 Å². The number of fused-ring (bicyclic) bond motifs is 1. The summed E-state index contributed by atoms with van der Waals surface area (Å²) in [7, 11) is 1.05.